The van der Waals surface area contributed by atoms with Crippen molar-refractivity contribution in [2.75, 3.05) is 6.54 Å². The first kappa shape index (κ1) is 11.8. The van der Waals surface area contributed by atoms with Crippen LogP contribution in [0.4, 0.5) is 0 Å². The van der Waals surface area contributed by atoms with Crippen LogP contribution in [0.1, 0.15) is 24.8 Å². The Labute approximate surface area is 99.7 Å². The lowest BCUT2D eigenvalue weighted by molar-refractivity contribution is 0.557. The van der Waals surface area contributed by atoms with E-state index in [1.165, 1.54) is 12.0 Å². The Kier molecular flexibility index (Phi) is 3.77. The first-order valence-electron chi connectivity index (χ1n) is 5.89. The van der Waals surface area contributed by atoms with Gasteiger partial charge in [-0.05, 0) is 49.9 Å². The van der Waals surface area contributed by atoms with Crippen molar-refractivity contribution < 1.29 is 4.21 Å². The minimum Gasteiger partial charge on any atom is -0.330 e. The van der Waals surface area contributed by atoms with Crippen LogP contribution in [-0.2, 0) is 10.8 Å². The Bertz CT molecular complexity index is 391. The fraction of sp³-hybridized carbons (Fsp3) is 0.538. The molecule has 1 aliphatic rings. The van der Waals surface area contributed by atoms with E-state index in [1.807, 2.05) is 31.2 Å². The average Bonchev–Trinajstić information content (AvgIpc) is 2.76. The molecular weight excluding hydrogens is 218 g/mol. The number of nitrogens with two attached hydrogens (primary N) is 1. The van der Waals surface area contributed by atoms with Gasteiger partial charge in [-0.1, -0.05) is 18.6 Å². The summed E-state index contributed by atoms with van der Waals surface area (Å²) in [6.07, 6.45) is 3.37. The molecule has 2 rings (SSSR count). The number of benzene rings is 1. The molecule has 0 saturated heterocycles. The summed E-state index contributed by atoms with van der Waals surface area (Å²) in [7, 11) is -0.879. The summed E-state index contributed by atoms with van der Waals surface area (Å²) in [6, 6.07) is 8.02. The van der Waals surface area contributed by atoms with E-state index in [9.17, 15) is 4.21 Å². The van der Waals surface area contributed by atoms with Gasteiger partial charge >= 0.3 is 0 Å². The smallest absolute Gasteiger partial charge is 0.0564 e. The quantitative estimate of drug-likeness (QED) is 0.876. The fourth-order valence-corrected chi connectivity index (χ4v) is 4.31. The lowest BCUT2D eigenvalue weighted by atomic mass is 10.1. The van der Waals surface area contributed by atoms with Crippen molar-refractivity contribution in [2.24, 2.45) is 11.7 Å². The molecule has 0 bridgehead atoms. The largest absolute Gasteiger partial charge is 0.330 e. The topological polar surface area (TPSA) is 43.1 Å². The van der Waals surface area contributed by atoms with Crippen LogP contribution in [0, 0.1) is 12.8 Å². The van der Waals surface area contributed by atoms with Crippen LogP contribution in [0.25, 0.3) is 0 Å². The van der Waals surface area contributed by atoms with E-state index in [4.69, 9.17) is 5.73 Å². The van der Waals surface area contributed by atoms with Crippen LogP contribution >= 0.6 is 0 Å². The second-order valence-corrected chi connectivity index (χ2v) is 6.25. The highest BCUT2D eigenvalue weighted by atomic mass is 32.2. The highest BCUT2D eigenvalue weighted by Crippen LogP contribution is 2.31. The molecule has 1 saturated carbocycles. The number of hydrogen-bond donors (Lipinski definition) is 1. The molecule has 1 aliphatic carbocycles. The van der Waals surface area contributed by atoms with Gasteiger partial charge in [-0.3, -0.25) is 4.21 Å². The normalized spacial score (nSPS) is 26.9. The van der Waals surface area contributed by atoms with Gasteiger partial charge in [-0.25, -0.2) is 0 Å². The molecule has 0 aliphatic heterocycles. The molecular formula is C13H19NOS. The molecule has 0 radical (unpaired) electrons. The van der Waals surface area contributed by atoms with E-state index in [2.05, 4.69) is 0 Å². The zero-order valence-corrected chi connectivity index (χ0v) is 10.5. The molecule has 2 N–H and O–H groups in total. The molecule has 1 fully saturated rings. The first-order valence-corrected chi connectivity index (χ1v) is 7.11. The molecule has 0 aromatic heterocycles. The lowest BCUT2D eigenvalue weighted by Crippen LogP contribution is -2.26. The van der Waals surface area contributed by atoms with Crippen molar-refractivity contribution in [3.05, 3.63) is 29.8 Å². The van der Waals surface area contributed by atoms with Gasteiger partial charge in [0.2, 0.25) is 0 Å². The van der Waals surface area contributed by atoms with Crippen LogP contribution < -0.4 is 5.73 Å². The average molecular weight is 237 g/mol. The van der Waals surface area contributed by atoms with Crippen molar-refractivity contribution in [1.82, 2.24) is 0 Å². The van der Waals surface area contributed by atoms with Crippen LogP contribution in [-0.4, -0.2) is 16.0 Å². The van der Waals surface area contributed by atoms with Crippen molar-refractivity contribution >= 4 is 10.8 Å². The third kappa shape index (κ3) is 2.36. The standard InChI is InChI=1S/C13H19NOS/c1-10-4-2-6-12(8-10)16(15)13-7-3-5-11(13)9-14/h2,4,6,8,11,13H,3,5,7,9,14H2,1H3. The Morgan fingerprint density at radius 2 is 2.25 bits per heavy atom. The van der Waals surface area contributed by atoms with Gasteiger partial charge in [0.05, 0.1) is 10.8 Å². The van der Waals surface area contributed by atoms with Gasteiger partial charge in [0.1, 0.15) is 0 Å². The van der Waals surface area contributed by atoms with Crippen LogP contribution in [0.5, 0.6) is 0 Å². The van der Waals surface area contributed by atoms with Crippen molar-refractivity contribution in [1.29, 1.82) is 0 Å². The molecule has 3 heteroatoms. The van der Waals surface area contributed by atoms with E-state index in [-0.39, 0.29) is 5.25 Å². The zero-order valence-electron chi connectivity index (χ0n) is 9.69. The summed E-state index contributed by atoms with van der Waals surface area (Å²) in [5.74, 6) is 0.446. The Balaban J connectivity index is 2.18. The van der Waals surface area contributed by atoms with Crippen molar-refractivity contribution in [3.8, 4) is 0 Å². The number of aryl methyl sites for hydroxylation is 1. The molecule has 16 heavy (non-hydrogen) atoms. The van der Waals surface area contributed by atoms with E-state index in [0.29, 0.717) is 12.5 Å². The number of hydrogen-bond acceptors (Lipinski definition) is 2. The SMILES string of the molecule is Cc1cccc(S(=O)C2CCCC2CN)c1. The van der Waals surface area contributed by atoms with Crippen molar-refractivity contribution in [3.63, 3.8) is 0 Å². The molecule has 1 aromatic carbocycles. The Morgan fingerprint density at radius 1 is 1.44 bits per heavy atom. The predicted octanol–water partition coefficient (Wildman–Crippen LogP) is 2.23. The molecule has 3 unspecified atom stereocenters. The maximum absolute atomic E-state index is 12.4. The molecule has 88 valence electrons. The minimum absolute atomic E-state index is 0.270. The minimum atomic E-state index is -0.879. The molecule has 0 heterocycles. The first-order chi connectivity index (χ1) is 7.72. The van der Waals surface area contributed by atoms with Crippen LogP contribution in [0.2, 0.25) is 0 Å². The second-order valence-electron chi connectivity index (χ2n) is 4.58. The molecule has 3 atom stereocenters. The summed E-state index contributed by atoms with van der Waals surface area (Å²) in [5.41, 5.74) is 6.91. The summed E-state index contributed by atoms with van der Waals surface area (Å²) in [6.45, 7) is 2.71. The van der Waals surface area contributed by atoms with Gasteiger partial charge < -0.3 is 5.73 Å². The van der Waals surface area contributed by atoms with Crippen molar-refractivity contribution in [2.45, 2.75) is 36.3 Å². The van der Waals surface area contributed by atoms with Gasteiger partial charge in [0, 0.05) is 10.1 Å². The van der Waals surface area contributed by atoms with E-state index in [0.717, 1.165) is 17.7 Å². The lowest BCUT2D eigenvalue weighted by Gasteiger charge is -2.17. The molecule has 0 spiro atoms. The van der Waals surface area contributed by atoms with Gasteiger partial charge in [0.15, 0.2) is 0 Å². The highest BCUT2D eigenvalue weighted by Gasteiger charge is 2.31. The van der Waals surface area contributed by atoms with Crippen LogP contribution in [0.3, 0.4) is 0 Å². The monoisotopic (exact) mass is 237 g/mol. The summed E-state index contributed by atoms with van der Waals surface area (Å²) >= 11 is 0. The molecule has 1 aromatic rings. The Morgan fingerprint density at radius 3 is 2.94 bits per heavy atom. The van der Waals surface area contributed by atoms with E-state index < -0.39 is 10.8 Å². The third-order valence-electron chi connectivity index (χ3n) is 3.39. The summed E-state index contributed by atoms with van der Waals surface area (Å²) in [4.78, 5) is 0.963. The van der Waals surface area contributed by atoms with Gasteiger partial charge in [-0.2, -0.15) is 0 Å². The maximum atomic E-state index is 12.4. The molecule has 2 nitrogen and oxygen atoms in total. The van der Waals surface area contributed by atoms with E-state index in [1.54, 1.807) is 0 Å². The maximum Gasteiger partial charge on any atom is 0.0564 e. The predicted molar refractivity (Wildman–Crippen MR) is 67.8 cm³/mol. The fourth-order valence-electron chi connectivity index (χ4n) is 2.47. The number of rotatable bonds is 3. The second kappa shape index (κ2) is 5.11. The third-order valence-corrected chi connectivity index (χ3v) is 5.28. The van der Waals surface area contributed by atoms with E-state index >= 15 is 0 Å². The highest BCUT2D eigenvalue weighted by molar-refractivity contribution is 7.85. The van der Waals surface area contributed by atoms with Gasteiger partial charge in [-0.15, -0.1) is 0 Å². The summed E-state index contributed by atoms with van der Waals surface area (Å²) in [5, 5.41) is 0.270. The van der Waals surface area contributed by atoms with Crippen LogP contribution in [0.15, 0.2) is 29.2 Å². The zero-order chi connectivity index (χ0) is 11.5. The Hall–Kier alpha value is -0.670. The van der Waals surface area contributed by atoms with Gasteiger partial charge in [0.25, 0.3) is 0 Å². The molecule has 0 amide bonds. The summed E-state index contributed by atoms with van der Waals surface area (Å²) < 4.78 is 12.4.